The fourth-order valence-electron chi connectivity index (χ4n) is 1.50. The number of anilines is 1. The van der Waals surface area contributed by atoms with Crippen molar-refractivity contribution >= 4 is 23.0 Å². The monoisotopic (exact) mass is 254 g/mol. The Morgan fingerprint density at radius 3 is 2.88 bits per heavy atom. The maximum atomic E-state index is 11.4. The minimum atomic E-state index is -0.138. The van der Waals surface area contributed by atoms with Crippen LogP contribution >= 0.6 is 12.2 Å². The van der Waals surface area contributed by atoms with E-state index in [1.807, 2.05) is 25.8 Å². The lowest BCUT2D eigenvalue weighted by atomic mass is 10.2. The van der Waals surface area contributed by atoms with E-state index in [0.29, 0.717) is 29.5 Å². The molecule has 1 atom stereocenters. The lowest BCUT2D eigenvalue weighted by molar-refractivity contribution is 0.699. The van der Waals surface area contributed by atoms with E-state index in [1.165, 1.54) is 6.07 Å². The van der Waals surface area contributed by atoms with E-state index in [0.717, 1.165) is 0 Å². The van der Waals surface area contributed by atoms with Crippen LogP contribution in [0.2, 0.25) is 0 Å². The van der Waals surface area contributed by atoms with Crippen molar-refractivity contribution in [2.75, 3.05) is 11.9 Å². The van der Waals surface area contributed by atoms with E-state index in [1.54, 1.807) is 0 Å². The molecule has 0 radical (unpaired) electrons. The topological polar surface area (TPSA) is 75.0 Å². The molecule has 0 aromatic carbocycles. The zero-order chi connectivity index (χ0) is 13.0. The van der Waals surface area contributed by atoms with Crippen LogP contribution < -0.4 is 16.2 Å². The highest BCUT2D eigenvalue weighted by molar-refractivity contribution is 7.80. The number of aryl methyl sites for hydroxylation is 1. The minimum Gasteiger partial charge on any atom is -0.393 e. The molecular formula is C11H18N4OS. The van der Waals surface area contributed by atoms with Crippen LogP contribution in [0.1, 0.15) is 26.1 Å². The summed E-state index contributed by atoms with van der Waals surface area (Å²) in [5.74, 6) is 1.33. The standard InChI is InChI=1S/C11H18N4OS/c1-4-9-13-10(6-11(16)14-9)15(3)7(2)5-8(12)17/h6-7H,4-5H2,1-3H3,(H2,12,17)(H,13,14,16). The van der Waals surface area contributed by atoms with Crippen molar-refractivity contribution in [2.24, 2.45) is 5.73 Å². The predicted molar refractivity (Wildman–Crippen MR) is 73.5 cm³/mol. The molecule has 1 heterocycles. The average molecular weight is 254 g/mol. The van der Waals surface area contributed by atoms with E-state index in [9.17, 15) is 4.79 Å². The van der Waals surface area contributed by atoms with Gasteiger partial charge in [-0.1, -0.05) is 19.1 Å². The van der Waals surface area contributed by atoms with E-state index < -0.39 is 0 Å². The van der Waals surface area contributed by atoms with Crippen molar-refractivity contribution in [3.63, 3.8) is 0 Å². The molecule has 0 aliphatic rings. The second-order valence-electron chi connectivity index (χ2n) is 4.03. The number of aromatic nitrogens is 2. The SMILES string of the molecule is CCc1nc(N(C)C(C)CC(N)=S)cc(=O)[nH]1. The Balaban J connectivity index is 2.95. The van der Waals surface area contributed by atoms with Gasteiger partial charge < -0.3 is 15.6 Å². The number of nitrogens with two attached hydrogens (primary N) is 1. The molecule has 17 heavy (non-hydrogen) atoms. The molecular weight excluding hydrogens is 236 g/mol. The van der Waals surface area contributed by atoms with Gasteiger partial charge in [-0.15, -0.1) is 0 Å². The smallest absolute Gasteiger partial charge is 0.252 e. The van der Waals surface area contributed by atoms with Crippen LogP contribution in [0.3, 0.4) is 0 Å². The summed E-state index contributed by atoms with van der Waals surface area (Å²) in [7, 11) is 1.88. The van der Waals surface area contributed by atoms with Gasteiger partial charge in [0.15, 0.2) is 0 Å². The normalized spacial score (nSPS) is 12.2. The van der Waals surface area contributed by atoms with Crippen molar-refractivity contribution < 1.29 is 0 Å². The fourth-order valence-corrected chi connectivity index (χ4v) is 1.74. The quantitative estimate of drug-likeness (QED) is 0.761. The summed E-state index contributed by atoms with van der Waals surface area (Å²) in [6.07, 6.45) is 1.29. The first kappa shape index (κ1) is 13.6. The number of rotatable bonds is 5. The molecule has 6 heteroatoms. The number of hydrogen-bond acceptors (Lipinski definition) is 4. The molecule has 3 N–H and O–H groups in total. The lowest BCUT2D eigenvalue weighted by Gasteiger charge is -2.25. The molecule has 0 amide bonds. The third-order valence-electron chi connectivity index (χ3n) is 2.63. The summed E-state index contributed by atoms with van der Waals surface area (Å²) in [5.41, 5.74) is 5.37. The fraction of sp³-hybridized carbons (Fsp3) is 0.545. The van der Waals surface area contributed by atoms with Gasteiger partial charge in [0.25, 0.3) is 5.56 Å². The van der Waals surface area contributed by atoms with Crippen LogP contribution in [0.25, 0.3) is 0 Å². The maximum absolute atomic E-state index is 11.4. The Morgan fingerprint density at radius 1 is 1.71 bits per heavy atom. The lowest BCUT2D eigenvalue weighted by Crippen LogP contribution is -2.34. The van der Waals surface area contributed by atoms with Crippen LogP contribution in [0, 0.1) is 0 Å². The van der Waals surface area contributed by atoms with Crippen LogP contribution in [0.15, 0.2) is 10.9 Å². The van der Waals surface area contributed by atoms with Crippen molar-refractivity contribution in [3.8, 4) is 0 Å². The van der Waals surface area contributed by atoms with Crippen molar-refractivity contribution in [1.29, 1.82) is 0 Å². The van der Waals surface area contributed by atoms with Crippen LogP contribution in [0.4, 0.5) is 5.82 Å². The van der Waals surface area contributed by atoms with Gasteiger partial charge in [0.2, 0.25) is 0 Å². The van der Waals surface area contributed by atoms with E-state index >= 15 is 0 Å². The first-order valence-electron chi connectivity index (χ1n) is 5.55. The highest BCUT2D eigenvalue weighted by atomic mass is 32.1. The Bertz CT molecular complexity index is 457. The number of aromatic amines is 1. The highest BCUT2D eigenvalue weighted by Gasteiger charge is 2.13. The Hall–Kier alpha value is -1.43. The molecule has 0 spiro atoms. The molecule has 0 aliphatic heterocycles. The zero-order valence-electron chi connectivity index (χ0n) is 10.4. The van der Waals surface area contributed by atoms with Gasteiger partial charge >= 0.3 is 0 Å². The van der Waals surface area contributed by atoms with E-state index in [2.05, 4.69) is 9.97 Å². The van der Waals surface area contributed by atoms with E-state index in [-0.39, 0.29) is 11.6 Å². The Morgan fingerprint density at radius 2 is 2.35 bits per heavy atom. The summed E-state index contributed by atoms with van der Waals surface area (Å²) in [6, 6.07) is 1.60. The number of thiocarbonyl (C=S) groups is 1. The second kappa shape index (κ2) is 5.77. The predicted octanol–water partition coefficient (Wildman–Crippen LogP) is 0.833. The maximum Gasteiger partial charge on any atom is 0.252 e. The molecule has 5 nitrogen and oxygen atoms in total. The molecule has 0 aliphatic carbocycles. The third-order valence-corrected chi connectivity index (χ3v) is 2.80. The number of H-pyrrole nitrogens is 1. The van der Waals surface area contributed by atoms with Crippen molar-refractivity contribution in [2.45, 2.75) is 32.7 Å². The van der Waals surface area contributed by atoms with Gasteiger partial charge in [-0.3, -0.25) is 4.79 Å². The summed E-state index contributed by atoms with van der Waals surface area (Å²) in [6.45, 7) is 3.94. The Labute approximate surface area is 106 Å². The molecule has 0 saturated heterocycles. The Kier molecular flexibility index (Phi) is 4.62. The first-order valence-corrected chi connectivity index (χ1v) is 5.96. The van der Waals surface area contributed by atoms with Gasteiger partial charge in [0.1, 0.15) is 11.6 Å². The van der Waals surface area contributed by atoms with Gasteiger partial charge in [0.05, 0.1) is 4.99 Å². The van der Waals surface area contributed by atoms with Crippen molar-refractivity contribution in [3.05, 3.63) is 22.2 Å². The molecule has 1 aromatic heterocycles. The number of nitrogens with zero attached hydrogens (tertiary/aromatic N) is 2. The summed E-state index contributed by atoms with van der Waals surface area (Å²) in [5, 5.41) is 0. The zero-order valence-corrected chi connectivity index (χ0v) is 11.2. The van der Waals surface area contributed by atoms with Crippen LogP contribution in [0.5, 0.6) is 0 Å². The van der Waals surface area contributed by atoms with E-state index in [4.69, 9.17) is 18.0 Å². The van der Waals surface area contributed by atoms with Crippen molar-refractivity contribution in [1.82, 2.24) is 9.97 Å². The summed E-state index contributed by atoms with van der Waals surface area (Å²) >= 11 is 4.88. The summed E-state index contributed by atoms with van der Waals surface area (Å²) < 4.78 is 0. The van der Waals surface area contributed by atoms with Gasteiger partial charge in [-0.2, -0.15) is 0 Å². The van der Waals surface area contributed by atoms with Crippen LogP contribution in [-0.4, -0.2) is 28.0 Å². The molecule has 1 unspecified atom stereocenters. The van der Waals surface area contributed by atoms with Gasteiger partial charge in [-0.25, -0.2) is 4.98 Å². The number of nitrogens with one attached hydrogen (secondary N) is 1. The number of hydrogen-bond donors (Lipinski definition) is 2. The molecule has 1 rings (SSSR count). The largest absolute Gasteiger partial charge is 0.393 e. The molecule has 1 aromatic rings. The third kappa shape index (κ3) is 3.81. The van der Waals surface area contributed by atoms with Crippen LogP contribution in [-0.2, 0) is 6.42 Å². The molecule has 0 fully saturated rings. The minimum absolute atomic E-state index is 0.117. The van der Waals surface area contributed by atoms with Gasteiger partial charge in [0, 0.05) is 32.0 Å². The molecule has 94 valence electrons. The average Bonchev–Trinajstić information content (AvgIpc) is 2.26. The molecule has 0 bridgehead atoms. The first-order chi connectivity index (χ1) is 7.93. The molecule has 0 saturated carbocycles. The summed E-state index contributed by atoms with van der Waals surface area (Å²) in [4.78, 5) is 20.9. The van der Waals surface area contributed by atoms with Gasteiger partial charge in [-0.05, 0) is 6.92 Å². The second-order valence-corrected chi connectivity index (χ2v) is 4.56. The highest BCUT2D eigenvalue weighted by Crippen LogP contribution is 2.12.